The van der Waals surface area contributed by atoms with Crippen LogP contribution in [0.4, 0.5) is 0 Å². The number of amides is 1. The summed E-state index contributed by atoms with van der Waals surface area (Å²) < 4.78 is 0. The van der Waals surface area contributed by atoms with Crippen molar-refractivity contribution < 1.29 is 4.79 Å². The maximum Gasteiger partial charge on any atom is 0.225 e. The topological polar surface area (TPSA) is 41.1 Å². The number of carbonyl (C=O) groups is 1. The molecule has 5 heteroatoms. The van der Waals surface area contributed by atoms with Gasteiger partial charge in [0, 0.05) is 35.6 Å². The molecule has 2 N–H and O–H groups in total. The summed E-state index contributed by atoms with van der Waals surface area (Å²) in [5.74, 6) is 0.107. The van der Waals surface area contributed by atoms with Crippen LogP contribution in [0, 0.1) is 5.92 Å². The molecule has 1 aliphatic rings. The molecule has 1 saturated heterocycles. The Balaban J connectivity index is 1.54. The molecule has 1 amide bonds. The molecule has 3 rings (SSSR count). The number of rotatable bonds is 6. The van der Waals surface area contributed by atoms with Crippen molar-refractivity contribution in [3.05, 3.63) is 69.7 Å². The van der Waals surface area contributed by atoms with Gasteiger partial charge in [-0.15, -0.1) is 0 Å². The van der Waals surface area contributed by atoms with E-state index in [0.29, 0.717) is 23.1 Å². The number of carbonyl (C=O) groups excluding carboxylic acids is 1. The molecule has 0 radical (unpaired) electrons. The highest BCUT2D eigenvalue weighted by Crippen LogP contribution is 2.32. The molecule has 0 unspecified atom stereocenters. The molecular weight excluding hydrogens is 355 g/mol. The van der Waals surface area contributed by atoms with Gasteiger partial charge in [-0.1, -0.05) is 53.5 Å². The first-order chi connectivity index (χ1) is 12.1. The number of aryl methyl sites for hydroxylation is 1. The molecule has 25 heavy (non-hydrogen) atoms. The van der Waals surface area contributed by atoms with Crippen molar-refractivity contribution in [2.45, 2.75) is 18.8 Å². The third-order valence-electron chi connectivity index (χ3n) is 4.65. The predicted octanol–water partition coefficient (Wildman–Crippen LogP) is 4.05. The molecule has 132 valence electrons. The number of nitrogens with one attached hydrogen (secondary N) is 2. The smallest absolute Gasteiger partial charge is 0.225 e. The summed E-state index contributed by atoms with van der Waals surface area (Å²) in [4.78, 5) is 12.6. The van der Waals surface area contributed by atoms with Gasteiger partial charge in [-0.25, -0.2) is 0 Å². The normalized spacial score (nSPS) is 19.8. The Morgan fingerprint density at radius 1 is 1.08 bits per heavy atom. The average Bonchev–Trinajstić information content (AvgIpc) is 3.08. The monoisotopic (exact) mass is 376 g/mol. The largest absolute Gasteiger partial charge is 0.356 e. The molecule has 2 aromatic rings. The molecule has 1 fully saturated rings. The van der Waals surface area contributed by atoms with E-state index in [-0.39, 0.29) is 17.7 Å². The van der Waals surface area contributed by atoms with Gasteiger partial charge < -0.3 is 10.6 Å². The third kappa shape index (κ3) is 4.97. The van der Waals surface area contributed by atoms with Crippen LogP contribution in [0.25, 0.3) is 0 Å². The van der Waals surface area contributed by atoms with Crippen LogP contribution in [0.1, 0.15) is 23.5 Å². The van der Waals surface area contributed by atoms with Gasteiger partial charge in [0.15, 0.2) is 0 Å². The summed E-state index contributed by atoms with van der Waals surface area (Å²) in [5, 5.41) is 7.60. The molecule has 0 aliphatic carbocycles. The first kappa shape index (κ1) is 18.2. The molecule has 2 aromatic carbocycles. The predicted molar refractivity (Wildman–Crippen MR) is 103 cm³/mol. The second-order valence-electron chi connectivity index (χ2n) is 6.45. The van der Waals surface area contributed by atoms with Crippen molar-refractivity contribution in [2.75, 3.05) is 19.6 Å². The number of halogens is 2. The van der Waals surface area contributed by atoms with Gasteiger partial charge >= 0.3 is 0 Å². The van der Waals surface area contributed by atoms with Gasteiger partial charge in [0.05, 0.1) is 5.92 Å². The fourth-order valence-corrected chi connectivity index (χ4v) is 3.92. The van der Waals surface area contributed by atoms with Crippen LogP contribution in [-0.4, -0.2) is 25.5 Å². The minimum absolute atomic E-state index is 0.0914. The van der Waals surface area contributed by atoms with Gasteiger partial charge in [0.2, 0.25) is 5.91 Å². The zero-order valence-corrected chi connectivity index (χ0v) is 15.5. The van der Waals surface area contributed by atoms with Crippen LogP contribution in [-0.2, 0) is 11.2 Å². The number of hydrogen-bond donors (Lipinski definition) is 2. The maximum atomic E-state index is 12.6. The third-order valence-corrected chi connectivity index (χ3v) is 5.08. The van der Waals surface area contributed by atoms with E-state index in [2.05, 4.69) is 22.8 Å². The molecule has 0 aromatic heterocycles. The van der Waals surface area contributed by atoms with E-state index >= 15 is 0 Å². The standard InChI is InChI=1S/C20H22Cl2N2O/c21-16-9-15(10-17(22)11-16)18-12-23-13-19(18)20(25)24-8-4-7-14-5-2-1-3-6-14/h1-3,5-6,9-11,18-19,23H,4,7-8,12-13H2,(H,24,25)/t18-,19+/m0/s1. The first-order valence-electron chi connectivity index (χ1n) is 8.62. The quantitative estimate of drug-likeness (QED) is 0.746. The van der Waals surface area contributed by atoms with Gasteiger partial charge in [-0.05, 0) is 42.2 Å². The lowest BCUT2D eigenvalue weighted by Crippen LogP contribution is -2.35. The molecule has 3 nitrogen and oxygen atoms in total. The van der Waals surface area contributed by atoms with Gasteiger partial charge in [0.25, 0.3) is 0 Å². The molecule has 0 spiro atoms. The summed E-state index contributed by atoms with van der Waals surface area (Å²) >= 11 is 12.2. The van der Waals surface area contributed by atoms with E-state index < -0.39 is 0 Å². The summed E-state index contributed by atoms with van der Waals surface area (Å²) in [5.41, 5.74) is 2.32. The highest BCUT2D eigenvalue weighted by atomic mass is 35.5. The summed E-state index contributed by atoms with van der Waals surface area (Å²) in [6.45, 7) is 2.13. The van der Waals surface area contributed by atoms with Crippen LogP contribution in [0.3, 0.4) is 0 Å². The lowest BCUT2D eigenvalue weighted by molar-refractivity contribution is -0.124. The van der Waals surface area contributed by atoms with Crippen molar-refractivity contribution >= 4 is 29.1 Å². The number of hydrogen-bond acceptors (Lipinski definition) is 2. The highest BCUT2D eigenvalue weighted by Gasteiger charge is 2.34. The van der Waals surface area contributed by atoms with Crippen LogP contribution in [0.2, 0.25) is 10.0 Å². The van der Waals surface area contributed by atoms with E-state index in [1.54, 1.807) is 6.07 Å². The minimum Gasteiger partial charge on any atom is -0.356 e. The average molecular weight is 377 g/mol. The summed E-state index contributed by atoms with van der Waals surface area (Å²) in [7, 11) is 0. The van der Waals surface area contributed by atoms with Crippen LogP contribution >= 0.6 is 23.2 Å². The van der Waals surface area contributed by atoms with Crippen molar-refractivity contribution in [3.63, 3.8) is 0 Å². The van der Waals surface area contributed by atoms with E-state index in [0.717, 1.165) is 24.9 Å². The van der Waals surface area contributed by atoms with Crippen LogP contribution < -0.4 is 10.6 Å². The van der Waals surface area contributed by atoms with Crippen molar-refractivity contribution in [1.29, 1.82) is 0 Å². The minimum atomic E-state index is -0.0914. The Kier molecular flexibility index (Phi) is 6.35. The highest BCUT2D eigenvalue weighted by molar-refractivity contribution is 6.34. The summed E-state index contributed by atoms with van der Waals surface area (Å²) in [6.07, 6.45) is 1.90. The Labute approximate surface area is 158 Å². The van der Waals surface area contributed by atoms with E-state index in [1.165, 1.54) is 5.56 Å². The van der Waals surface area contributed by atoms with Crippen LogP contribution in [0.5, 0.6) is 0 Å². The molecule has 0 bridgehead atoms. The van der Waals surface area contributed by atoms with Gasteiger partial charge in [-0.2, -0.15) is 0 Å². The fourth-order valence-electron chi connectivity index (χ4n) is 3.37. The second-order valence-corrected chi connectivity index (χ2v) is 7.33. The van der Waals surface area contributed by atoms with E-state index in [4.69, 9.17) is 23.2 Å². The molecule has 0 saturated carbocycles. The van der Waals surface area contributed by atoms with Crippen molar-refractivity contribution in [2.24, 2.45) is 5.92 Å². The zero-order valence-electron chi connectivity index (χ0n) is 14.0. The lowest BCUT2D eigenvalue weighted by atomic mass is 9.88. The van der Waals surface area contributed by atoms with Crippen molar-refractivity contribution in [1.82, 2.24) is 10.6 Å². The Bertz CT molecular complexity index is 701. The Morgan fingerprint density at radius 3 is 2.52 bits per heavy atom. The molecular formula is C20H22Cl2N2O. The van der Waals surface area contributed by atoms with Gasteiger partial charge in [-0.3, -0.25) is 4.79 Å². The maximum absolute atomic E-state index is 12.6. The molecule has 2 atom stereocenters. The molecule has 1 aliphatic heterocycles. The van der Waals surface area contributed by atoms with Crippen molar-refractivity contribution in [3.8, 4) is 0 Å². The zero-order chi connectivity index (χ0) is 17.6. The number of benzene rings is 2. The summed E-state index contributed by atoms with van der Waals surface area (Å²) in [6, 6.07) is 15.8. The molecule has 1 heterocycles. The lowest BCUT2D eigenvalue weighted by Gasteiger charge is -2.19. The van der Waals surface area contributed by atoms with Gasteiger partial charge in [0.1, 0.15) is 0 Å². The first-order valence-corrected chi connectivity index (χ1v) is 9.37. The fraction of sp³-hybridized carbons (Fsp3) is 0.350. The van der Waals surface area contributed by atoms with Crippen LogP contribution in [0.15, 0.2) is 48.5 Å². The van der Waals surface area contributed by atoms with E-state index in [9.17, 15) is 4.79 Å². The van der Waals surface area contributed by atoms with E-state index in [1.807, 2.05) is 30.3 Å². The second kappa shape index (κ2) is 8.70. The Morgan fingerprint density at radius 2 is 1.80 bits per heavy atom. The SMILES string of the molecule is O=C(NCCCc1ccccc1)[C@@H]1CNC[C@H]1c1cc(Cl)cc(Cl)c1. The Hall–Kier alpha value is -1.55.